The molecule has 1 aromatic rings. The number of hydrogen-bond donors (Lipinski definition) is 0. The molecule has 0 saturated heterocycles. The van der Waals surface area contributed by atoms with Crippen molar-refractivity contribution < 1.29 is 12.4 Å². The molecule has 3 heteroatoms. The Bertz CT molecular complexity index is 327. The van der Waals surface area contributed by atoms with Crippen LogP contribution in [0.1, 0.15) is 51.0 Å². The maximum atomic E-state index is 8.55. The van der Waals surface area contributed by atoms with Crippen LogP contribution in [0.5, 0.6) is 0 Å². The van der Waals surface area contributed by atoms with Crippen LogP contribution in [0.3, 0.4) is 0 Å². The summed E-state index contributed by atoms with van der Waals surface area (Å²) in [5.74, 6) is 0. The second-order valence-corrected chi connectivity index (χ2v) is 4.28. The molecule has 1 rings (SSSR count). The fraction of sp³-hybridized carbons (Fsp3) is 0.571. The van der Waals surface area contributed by atoms with E-state index in [4.69, 9.17) is 5.39 Å². The second kappa shape index (κ2) is 10.1. The predicted molar refractivity (Wildman–Crippen MR) is 68.3 cm³/mol. The summed E-state index contributed by atoms with van der Waals surface area (Å²) in [6, 6.07) is 7.79. The highest BCUT2D eigenvalue weighted by Gasteiger charge is 2.02. The molecule has 1 aromatic carbocycles. The van der Waals surface area contributed by atoms with Crippen molar-refractivity contribution in [2.24, 2.45) is 0 Å². The number of hydrogen-bond acceptors (Lipinski definition) is 1. The van der Waals surface area contributed by atoms with Crippen LogP contribution in [-0.4, -0.2) is 0 Å². The largest absolute Gasteiger partial charge is 1.00 e. The summed E-state index contributed by atoms with van der Waals surface area (Å²) in [6.45, 7) is 2.24. The van der Waals surface area contributed by atoms with Crippen molar-refractivity contribution in [3.05, 3.63) is 34.8 Å². The number of diazo groups is 1. The lowest BCUT2D eigenvalue weighted by Gasteiger charge is -2.00. The highest BCUT2D eigenvalue weighted by molar-refractivity contribution is 5.44. The van der Waals surface area contributed by atoms with Crippen LogP contribution in [0.15, 0.2) is 24.3 Å². The third-order valence-corrected chi connectivity index (χ3v) is 2.87. The number of aryl methyl sites for hydroxylation is 1. The summed E-state index contributed by atoms with van der Waals surface area (Å²) in [7, 11) is 0. The number of nitrogens with zero attached hydrogens (tertiary/aromatic N) is 2. The standard InChI is InChI=1S/C14H21N2.ClH/c1-2-3-4-5-6-7-8-13-9-11-14(16-15)12-10-13;/h9-12H,2-8H2,1H3;1H/q+1;/p-1. The first-order chi connectivity index (χ1) is 7.86. The summed E-state index contributed by atoms with van der Waals surface area (Å²) in [6.07, 6.45) is 9.14. The molecule has 0 heterocycles. The zero-order valence-electron chi connectivity index (χ0n) is 10.5. The molecule has 0 radical (unpaired) electrons. The Morgan fingerprint density at radius 2 is 1.53 bits per heavy atom. The van der Waals surface area contributed by atoms with Crippen LogP contribution in [-0.2, 0) is 6.42 Å². The van der Waals surface area contributed by atoms with E-state index in [0.29, 0.717) is 5.69 Å². The van der Waals surface area contributed by atoms with E-state index in [0.717, 1.165) is 6.42 Å². The van der Waals surface area contributed by atoms with E-state index in [1.54, 1.807) is 0 Å². The average Bonchev–Trinajstić information content (AvgIpc) is 2.34. The van der Waals surface area contributed by atoms with Gasteiger partial charge < -0.3 is 12.4 Å². The summed E-state index contributed by atoms with van der Waals surface area (Å²) < 4.78 is 0. The molecule has 0 atom stereocenters. The Morgan fingerprint density at radius 1 is 0.941 bits per heavy atom. The first kappa shape index (κ1) is 15.9. The lowest BCUT2D eigenvalue weighted by atomic mass is 10.0. The molecule has 2 nitrogen and oxygen atoms in total. The van der Waals surface area contributed by atoms with Gasteiger partial charge in [0, 0.05) is 12.1 Å². The topological polar surface area (TPSA) is 28.1 Å². The van der Waals surface area contributed by atoms with E-state index in [1.165, 1.54) is 44.1 Å². The number of halogens is 1. The fourth-order valence-electron chi connectivity index (χ4n) is 1.84. The molecule has 0 aliphatic heterocycles. The average molecular weight is 253 g/mol. The van der Waals surface area contributed by atoms with Gasteiger partial charge in [-0.15, -0.1) is 0 Å². The van der Waals surface area contributed by atoms with Crippen molar-refractivity contribution in [3.8, 4) is 0 Å². The van der Waals surface area contributed by atoms with E-state index in [2.05, 4.69) is 11.9 Å². The minimum atomic E-state index is 0. The minimum Gasteiger partial charge on any atom is -1.00 e. The number of rotatable bonds is 7. The Morgan fingerprint density at radius 3 is 2.12 bits per heavy atom. The Labute approximate surface area is 110 Å². The molecule has 17 heavy (non-hydrogen) atoms. The lowest BCUT2D eigenvalue weighted by Crippen LogP contribution is -3.00. The van der Waals surface area contributed by atoms with Gasteiger partial charge >= 0.3 is 5.69 Å². The highest BCUT2D eigenvalue weighted by Crippen LogP contribution is 2.15. The van der Waals surface area contributed by atoms with Crippen LogP contribution < -0.4 is 12.4 Å². The molecular weight excluding hydrogens is 232 g/mol. The van der Waals surface area contributed by atoms with Gasteiger partial charge in [0.25, 0.3) is 0 Å². The molecule has 0 fully saturated rings. The Balaban J connectivity index is 0.00000256. The maximum absolute atomic E-state index is 8.55. The van der Waals surface area contributed by atoms with Gasteiger partial charge in [0.1, 0.15) is 0 Å². The van der Waals surface area contributed by atoms with Gasteiger partial charge in [-0.25, -0.2) is 0 Å². The van der Waals surface area contributed by atoms with Gasteiger partial charge in [0.2, 0.25) is 5.39 Å². The van der Waals surface area contributed by atoms with Gasteiger partial charge in [-0.3, -0.25) is 0 Å². The van der Waals surface area contributed by atoms with Crippen LogP contribution in [0.4, 0.5) is 5.69 Å². The smallest absolute Gasteiger partial charge is 0.385 e. The Hall–Kier alpha value is -1.07. The number of unbranched alkanes of at least 4 members (excludes halogenated alkanes) is 5. The van der Waals surface area contributed by atoms with Crippen molar-refractivity contribution in [1.29, 1.82) is 5.39 Å². The van der Waals surface area contributed by atoms with Crippen LogP contribution in [0, 0.1) is 5.39 Å². The van der Waals surface area contributed by atoms with E-state index >= 15 is 0 Å². The molecule has 0 amide bonds. The first-order valence-electron chi connectivity index (χ1n) is 6.31. The molecular formula is C14H21ClN2. The molecule has 0 N–H and O–H groups in total. The molecule has 0 spiro atoms. The molecule has 0 unspecified atom stereocenters. The predicted octanol–water partition coefficient (Wildman–Crippen LogP) is 2.08. The van der Waals surface area contributed by atoms with E-state index in [9.17, 15) is 0 Å². The monoisotopic (exact) mass is 252 g/mol. The van der Waals surface area contributed by atoms with Gasteiger partial charge in [-0.05, 0) is 18.4 Å². The fourth-order valence-corrected chi connectivity index (χ4v) is 1.84. The van der Waals surface area contributed by atoms with E-state index in [-0.39, 0.29) is 12.4 Å². The van der Waals surface area contributed by atoms with Crippen molar-refractivity contribution in [2.75, 3.05) is 0 Å². The SMILES string of the molecule is CCCCCCCCc1ccc([N+]#N)cc1.[Cl-]. The quantitative estimate of drug-likeness (QED) is 0.540. The molecule has 0 aliphatic rings. The minimum absolute atomic E-state index is 0. The van der Waals surface area contributed by atoms with Crippen molar-refractivity contribution >= 4 is 5.69 Å². The highest BCUT2D eigenvalue weighted by atomic mass is 35.5. The molecule has 0 bridgehead atoms. The summed E-state index contributed by atoms with van der Waals surface area (Å²) >= 11 is 0. The number of benzene rings is 1. The molecule has 0 aliphatic carbocycles. The Kier molecular flexibility index (Phi) is 9.47. The van der Waals surface area contributed by atoms with Gasteiger partial charge in [0.15, 0.2) is 4.98 Å². The van der Waals surface area contributed by atoms with Gasteiger partial charge in [-0.2, -0.15) is 0 Å². The zero-order chi connectivity index (χ0) is 11.6. The van der Waals surface area contributed by atoms with E-state index in [1.807, 2.05) is 24.3 Å². The van der Waals surface area contributed by atoms with Crippen molar-refractivity contribution in [3.63, 3.8) is 0 Å². The summed E-state index contributed by atoms with van der Waals surface area (Å²) in [4.78, 5) is 3.14. The lowest BCUT2D eigenvalue weighted by molar-refractivity contribution is -0.00000367. The van der Waals surface area contributed by atoms with Gasteiger partial charge in [-0.1, -0.05) is 51.2 Å². The van der Waals surface area contributed by atoms with Crippen LogP contribution >= 0.6 is 0 Å². The maximum Gasteiger partial charge on any atom is 0.385 e. The summed E-state index contributed by atoms with van der Waals surface area (Å²) in [5, 5.41) is 8.55. The zero-order valence-corrected chi connectivity index (χ0v) is 11.3. The molecule has 94 valence electrons. The van der Waals surface area contributed by atoms with Gasteiger partial charge in [0.05, 0.1) is 0 Å². The van der Waals surface area contributed by atoms with Crippen molar-refractivity contribution in [2.45, 2.75) is 51.9 Å². The first-order valence-corrected chi connectivity index (χ1v) is 6.31. The third kappa shape index (κ3) is 6.97. The second-order valence-electron chi connectivity index (χ2n) is 4.28. The molecule has 0 aromatic heterocycles. The third-order valence-electron chi connectivity index (χ3n) is 2.87. The van der Waals surface area contributed by atoms with E-state index < -0.39 is 0 Å². The van der Waals surface area contributed by atoms with Crippen LogP contribution in [0.2, 0.25) is 0 Å². The van der Waals surface area contributed by atoms with Crippen LogP contribution in [0.25, 0.3) is 4.98 Å². The normalized spacial score (nSPS) is 9.41. The summed E-state index contributed by atoms with van der Waals surface area (Å²) in [5.41, 5.74) is 1.97. The molecule has 0 saturated carbocycles. The van der Waals surface area contributed by atoms with Crippen molar-refractivity contribution in [1.82, 2.24) is 0 Å².